The predicted molar refractivity (Wildman–Crippen MR) is 94.3 cm³/mol. The van der Waals surface area contributed by atoms with Crippen molar-refractivity contribution in [2.75, 3.05) is 25.2 Å². The van der Waals surface area contributed by atoms with Crippen LogP contribution in [0.5, 0.6) is 17.2 Å². The molecule has 3 rings (SSSR count). The van der Waals surface area contributed by atoms with Crippen molar-refractivity contribution >= 4 is 17.6 Å². The summed E-state index contributed by atoms with van der Waals surface area (Å²) in [5, 5.41) is 9.18. The summed E-state index contributed by atoms with van der Waals surface area (Å²) in [6, 6.07) is 11.6. The number of amides is 1. The van der Waals surface area contributed by atoms with E-state index in [9.17, 15) is 14.7 Å². The van der Waals surface area contributed by atoms with Gasteiger partial charge in [0, 0.05) is 0 Å². The molecule has 0 aliphatic carbocycles. The smallest absolute Gasteiger partial charge is 0.335 e. The quantitative estimate of drug-likeness (QED) is 0.855. The second-order valence-electron chi connectivity index (χ2n) is 5.76. The summed E-state index contributed by atoms with van der Waals surface area (Å²) in [4.78, 5) is 25.2. The minimum Gasteiger partial charge on any atom is -0.497 e. The molecule has 26 heavy (non-hydrogen) atoms. The molecule has 1 aliphatic heterocycles. The molecule has 7 nitrogen and oxygen atoms in total. The Morgan fingerprint density at radius 1 is 1.19 bits per heavy atom. The standard InChI is InChI=1S/C19H19NO6/c1-12-18(21)20(9-10-25-15-6-4-14(24-2)5-7-15)16-11-13(19(22)23)3-8-17(16)26-12/h3-8,11-12H,9-10H2,1-2H3,(H,22,23). The first-order valence-electron chi connectivity index (χ1n) is 8.12. The predicted octanol–water partition coefficient (Wildman–Crippen LogP) is 2.59. The lowest BCUT2D eigenvalue weighted by atomic mass is 10.1. The Morgan fingerprint density at radius 3 is 2.54 bits per heavy atom. The lowest BCUT2D eigenvalue weighted by Crippen LogP contribution is -2.46. The van der Waals surface area contributed by atoms with Crippen molar-refractivity contribution in [3.05, 3.63) is 48.0 Å². The number of carboxylic acid groups (broad SMARTS) is 1. The largest absolute Gasteiger partial charge is 0.497 e. The van der Waals surface area contributed by atoms with Crippen LogP contribution in [0.4, 0.5) is 5.69 Å². The number of rotatable bonds is 6. The third-order valence-electron chi connectivity index (χ3n) is 4.06. The molecule has 1 aliphatic rings. The van der Waals surface area contributed by atoms with Crippen LogP contribution in [0.25, 0.3) is 0 Å². The maximum Gasteiger partial charge on any atom is 0.335 e. The van der Waals surface area contributed by atoms with Crippen molar-refractivity contribution in [2.45, 2.75) is 13.0 Å². The summed E-state index contributed by atoms with van der Waals surface area (Å²) in [7, 11) is 1.59. The number of nitrogens with zero attached hydrogens (tertiary/aromatic N) is 1. The van der Waals surface area contributed by atoms with Gasteiger partial charge >= 0.3 is 5.97 Å². The Kier molecular flexibility index (Phi) is 4.97. The topological polar surface area (TPSA) is 85.3 Å². The number of carbonyl (C=O) groups excluding carboxylic acids is 1. The zero-order valence-corrected chi connectivity index (χ0v) is 14.5. The Balaban J connectivity index is 1.74. The van der Waals surface area contributed by atoms with Crippen LogP contribution in [-0.4, -0.2) is 43.3 Å². The molecule has 136 valence electrons. The highest BCUT2D eigenvalue weighted by Gasteiger charge is 2.32. The summed E-state index contributed by atoms with van der Waals surface area (Å²) < 4.78 is 16.3. The third-order valence-corrected chi connectivity index (χ3v) is 4.06. The number of carboxylic acids is 1. The number of methoxy groups -OCH3 is 1. The number of carbonyl (C=O) groups is 2. The van der Waals surface area contributed by atoms with E-state index in [4.69, 9.17) is 14.2 Å². The van der Waals surface area contributed by atoms with Crippen LogP contribution >= 0.6 is 0 Å². The molecule has 0 saturated carbocycles. The maximum atomic E-state index is 12.5. The zero-order chi connectivity index (χ0) is 18.7. The number of fused-ring (bicyclic) bond motifs is 1. The van der Waals surface area contributed by atoms with Gasteiger partial charge in [-0.15, -0.1) is 0 Å². The fourth-order valence-corrected chi connectivity index (χ4v) is 2.70. The molecule has 1 N–H and O–H groups in total. The average Bonchev–Trinajstić information content (AvgIpc) is 2.65. The van der Waals surface area contributed by atoms with Gasteiger partial charge in [0.25, 0.3) is 5.91 Å². The monoisotopic (exact) mass is 357 g/mol. The summed E-state index contributed by atoms with van der Waals surface area (Å²) in [5.74, 6) is 0.557. The van der Waals surface area contributed by atoms with Crippen LogP contribution in [0.15, 0.2) is 42.5 Å². The van der Waals surface area contributed by atoms with Crippen LogP contribution in [0.3, 0.4) is 0 Å². The molecule has 1 heterocycles. The first kappa shape index (κ1) is 17.6. The Hall–Kier alpha value is -3.22. The van der Waals surface area contributed by atoms with Crippen molar-refractivity contribution in [3.63, 3.8) is 0 Å². The molecule has 0 spiro atoms. The molecule has 2 aromatic carbocycles. The minimum absolute atomic E-state index is 0.0933. The van der Waals surface area contributed by atoms with E-state index < -0.39 is 12.1 Å². The molecular weight excluding hydrogens is 338 g/mol. The first-order valence-corrected chi connectivity index (χ1v) is 8.12. The van der Waals surface area contributed by atoms with E-state index in [2.05, 4.69) is 0 Å². The van der Waals surface area contributed by atoms with E-state index in [1.165, 1.54) is 17.0 Å². The van der Waals surface area contributed by atoms with Gasteiger partial charge in [0.1, 0.15) is 23.9 Å². The molecular formula is C19H19NO6. The van der Waals surface area contributed by atoms with Gasteiger partial charge in [-0.1, -0.05) is 0 Å². The summed E-state index contributed by atoms with van der Waals surface area (Å²) in [5.41, 5.74) is 0.530. The number of ether oxygens (including phenoxy) is 3. The minimum atomic E-state index is -1.06. The second kappa shape index (κ2) is 7.35. The zero-order valence-electron chi connectivity index (χ0n) is 14.5. The summed E-state index contributed by atoms with van der Waals surface area (Å²) >= 11 is 0. The van der Waals surface area contributed by atoms with E-state index in [1.54, 1.807) is 44.4 Å². The number of hydrogen-bond acceptors (Lipinski definition) is 5. The number of anilines is 1. The SMILES string of the molecule is COc1ccc(OCCN2C(=O)C(C)Oc3ccc(C(=O)O)cc32)cc1. The summed E-state index contributed by atoms with van der Waals surface area (Å²) in [6.07, 6.45) is -0.640. The highest BCUT2D eigenvalue weighted by molar-refractivity contribution is 6.01. The van der Waals surface area contributed by atoms with E-state index in [-0.39, 0.29) is 24.6 Å². The normalized spacial score (nSPS) is 15.8. The van der Waals surface area contributed by atoms with Gasteiger partial charge in [0.15, 0.2) is 6.10 Å². The van der Waals surface area contributed by atoms with Crippen molar-refractivity contribution in [1.29, 1.82) is 0 Å². The Morgan fingerprint density at radius 2 is 1.88 bits per heavy atom. The van der Waals surface area contributed by atoms with Crippen LogP contribution in [-0.2, 0) is 4.79 Å². The Bertz CT molecular complexity index is 817. The van der Waals surface area contributed by atoms with Crippen molar-refractivity contribution in [3.8, 4) is 17.2 Å². The molecule has 0 aromatic heterocycles. The first-order chi connectivity index (χ1) is 12.5. The molecule has 7 heteroatoms. The van der Waals surface area contributed by atoms with E-state index >= 15 is 0 Å². The molecule has 0 saturated heterocycles. The van der Waals surface area contributed by atoms with Gasteiger partial charge in [-0.2, -0.15) is 0 Å². The number of hydrogen-bond donors (Lipinski definition) is 1. The van der Waals surface area contributed by atoms with E-state index in [0.29, 0.717) is 17.2 Å². The maximum absolute atomic E-state index is 12.5. The molecule has 1 amide bonds. The number of aromatic carboxylic acids is 1. The van der Waals surface area contributed by atoms with E-state index in [1.807, 2.05) is 0 Å². The van der Waals surface area contributed by atoms with Gasteiger partial charge in [-0.25, -0.2) is 4.79 Å². The average molecular weight is 357 g/mol. The molecule has 1 unspecified atom stereocenters. The molecule has 0 bridgehead atoms. The van der Waals surface area contributed by atoms with Gasteiger partial charge in [-0.05, 0) is 49.4 Å². The fourth-order valence-electron chi connectivity index (χ4n) is 2.70. The highest BCUT2D eigenvalue weighted by Crippen LogP contribution is 2.34. The van der Waals surface area contributed by atoms with Crippen LogP contribution in [0.2, 0.25) is 0 Å². The van der Waals surface area contributed by atoms with Gasteiger partial charge in [-0.3, -0.25) is 4.79 Å². The lowest BCUT2D eigenvalue weighted by Gasteiger charge is -2.33. The third kappa shape index (κ3) is 3.56. The fraction of sp³-hybridized carbons (Fsp3) is 0.263. The molecule has 0 radical (unpaired) electrons. The van der Waals surface area contributed by atoms with Gasteiger partial charge in [0.2, 0.25) is 0 Å². The van der Waals surface area contributed by atoms with Crippen LogP contribution in [0.1, 0.15) is 17.3 Å². The summed E-state index contributed by atoms with van der Waals surface area (Å²) in [6.45, 7) is 2.18. The highest BCUT2D eigenvalue weighted by atomic mass is 16.5. The van der Waals surface area contributed by atoms with Gasteiger partial charge in [0.05, 0.1) is 24.9 Å². The number of benzene rings is 2. The Labute approximate surface area is 150 Å². The van der Waals surface area contributed by atoms with Crippen molar-refractivity contribution < 1.29 is 28.9 Å². The molecule has 1 atom stereocenters. The van der Waals surface area contributed by atoms with Crippen molar-refractivity contribution in [1.82, 2.24) is 0 Å². The van der Waals surface area contributed by atoms with Crippen LogP contribution in [0, 0.1) is 0 Å². The van der Waals surface area contributed by atoms with E-state index in [0.717, 1.165) is 5.75 Å². The molecule has 2 aromatic rings. The van der Waals surface area contributed by atoms with Crippen molar-refractivity contribution in [2.24, 2.45) is 0 Å². The lowest BCUT2D eigenvalue weighted by molar-refractivity contribution is -0.125. The van der Waals surface area contributed by atoms with Crippen LogP contribution < -0.4 is 19.1 Å². The molecule has 0 fully saturated rings. The van der Waals surface area contributed by atoms with Gasteiger partial charge < -0.3 is 24.2 Å². The second-order valence-corrected chi connectivity index (χ2v) is 5.76.